The van der Waals surface area contributed by atoms with E-state index in [2.05, 4.69) is 18.8 Å². The highest BCUT2D eigenvalue weighted by molar-refractivity contribution is 6.20. The van der Waals surface area contributed by atoms with Crippen LogP contribution in [0.3, 0.4) is 0 Å². The van der Waals surface area contributed by atoms with E-state index >= 15 is 0 Å². The van der Waals surface area contributed by atoms with Gasteiger partial charge in [-0.25, -0.2) is 9.37 Å². The molecule has 0 aliphatic heterocycles. The summed E-state index contributed by atoms with van der Waals surface area (Å²) in [7, 11) is 0. The van der Waals surface area contributed by atoms with Crippen molar-refractivity contribution >= 4 is 22.6 Å². The van der Waals surface area contributed by atoms with Crippen LogP contribution in [0.4, 0.5) is 4.39 Å². The Morgan fingerprint density at radius 2 is 2.21 bits per heavy atom. The second kappa shape index (κ2) is 4.20. The van der Waals surface area contributed by atoms with Crippen LogP contribution in [0.1, 0.15) is 38.4 Å². The van der Waals surface area contributed by atoms with E-state index in [9.17, 15) is 4.39 Å². The largest absolute Gasteiger partial charge is 0.324 e. The van der Waals surface area contributed by atoms with Crippen LogP contribution in [0.15, 0.2) is 18.2 Å². The van der Waals surface area contributed by atoms with Crippen molar-refractivity contribution in [1.82, 2.24) is 9.55 Å². The van der Waals surface area contributed by atoms with Crippen LogP contribution >= 0.6 is 11.6 Å². The molecule has 0 radical (unpaired) electrons. The molecule has 4 heteroatoms. The number of imidazole rings is 1. The molecule has 0 N–H and O–H groups in total. The highest BCUT2D eigenvalue weighted by Crippen LogP contribution is 2.53. The van der Waals surface area contributed by atoms with Crippen LogP contribution in [-0.2, 0) is 6.54 Å². The fourth-order valence-corrected chi connectivity index (χ4v) is 2.92. The number of hydrogen-bond donors (Lipinski definition) is 0. The van der Waals surface area contributed by atoms with Crippen molar-refractivity contribution in [3.8, 4) is 0 Å². The molecule has 1 fully saturated rings. The number of halogens is 2. The molecular formula is C15H18ClFN2. The fraction of sp³-hybridized carbons (Fsp3) is 0.533. The van der Waals surface area contributed by atoms with Crippen molar-refractivity contribution in [3.63, 3.8) is 0 Å². The predicted molar refractivity (Wildman–Crippen MR) is 75.8 cm³/mol. The molecule has 0 saturated heterocycles. The lowest BCUT2D eigenvalue weighted by Crippen LogP contribution is -2.09. The molecule has 1 aliphatic rings. The Balaban J connectivity index is 2.11. The van der Waals surface area contributed by atoms with Gasteiger partial charge in [0.05, 0.1) is 10.9 Å². The van der Waals surface area contributed by atoms with Crippen LogP contribution < -0.4 is 0 Å². The van der Waals surface area contributed by atoms with Gasteiger partial charge in [-0.05, 0) is 36.8 Å². The molecule has 0 bridgehead atoms. The van der Waals surface area contributed by atoms with Crippen LogP contribution in [-0.4, -0.2) is 9.55 Å². The Hall–Kier alpha value is -1.09. The predicted octanol–water partition coefficient (Wildman–Crippen LogP) is 4.52. The lowest BCUT2D eigenvalue weighted by atomic mass is 10.1. The van der Waals surface area contributed by atoms with Gasteiger partial charge < -0.3 is 4.57 Å². The van der Waals surface area contributed by atoms with Crippen molar-refractivity contribution in [1.29, 1.82) is 0 Å². The van der Waals surface area contributed by atoms with Crippen LogP contribution in [0.5, 0.6) is 0 Å². The average Bonchev–Trinajstić information content (AvgIpc) is 2.76. The quantitative estimate of drug-likeness (QED) is 0.756. The minimum atomic E-state index is -0.216. The number of aromatic nitrogens is 2. The van der Waals surface area contributed by atoms with E-state index in [4.69, 9.17) is 11.6 Å². The van der Waals surface area contributed by atoms with Gasteiger partial charge in [-0.1, -0.05) is 19.9 Å². The molecule has 1 saturated carbocycles. The van der Waals surface area contributed by atoms with E-state index in [0.29, 0.717) is 22.4 Å². The van der Waals surface area contributed by atoms with Crippen LogP contribution in [0.25, 0.3) is 11.0 Å². The van der Waals surface area contributed by atoms with Gasteiger partial charge in [0.15, 0.2) is 0 Å². The fourth-order valence-electron chi connectivity index (χ4n) is 2.76. The van der Waals surface area contributed by atoms with Gasteiger partial charge in [0, 0.05) is 6.54 Å². The summed E-state index contributed by atoms with van der Waals surface area (Å²) < 4.78 is 16.1. The zero-order valence-corrected chi connectivity index (χ0v) is 12.2. The number of hydrogen-bond acceptors (Lipinski definition) is 1. The number of nitrogens with zero attached hydrogens (tertiary/aromatic N) is 2. The third kappa shape index (κ3) is 2.14. The first-order chi connectivity index (χ1) is 8.90. The molecule has 2 aromatic rings. The van der Waals surface area contributed by atoms with Gasteiger partial charge in [-0.3, -0.25) is 0 Å². The summed E-state index contributed by atoms with van der Waals surface area (Å²) in [5.41, 5.74) is 1.64. The Labute approximate surface area is 117 Å². The molecule has 102 valence electrons. The van der Waals surface area contributed by atoms with E-state index in [1.54, 1.807) is 6.07 Å². The summed E-state index contributed by atoms with van der Waals surface area (Å²) in [4.78, 5) is 4.49. The van der Waals surface area contributed by atoms with Crippen LogP contribution in [0, 0.1) is 17.2 Å². The first-order valence-electron chi connectivity index (χ1n) is 6.69. The Kier molecular flexibility index (Phi) is 2.86. The summed E-state index contributed by atoms with van der Waals surface area (Å²) >= 11 is 6.20. The Morgan fingerprint density at radius 3 is 2.79 bits per heavy atom. The van der Waals surface area contributed by atoms with Crippen molar-refractivity contribution in [2.45, 2.75) is 39.1 Å². The highest BCUT2D eigenvalue weighted by atomic mass is 35.5. The molecule has 0 amide bonds. The second-order valence-corrected chi connectivity index (χ2v) is 6.85. The van der Waals surface area contributed by atoms with E-state index in [1.807, 2.05) is 17.6 Å². The number of fused-ring (bicyclic) bond motifs is 1. The molecule has 2 unspecified atom stereocenters. The van der Waals surface area contributed by atoms with Crippen molar-refractivity contribution < 1.29 is 4.39 Å². The van der Waals surface area contributed by atoms with Gasteiger partial charge in [0.2, 0.25) is 0 Å². The molecule has 1 aliphatic carbocycles. The minimum absolute atomic E-state index is 0.214. The van der Waals surface area contributed by atoms with Crippen LogP contribution in [0.2, 0.25) is 0 Å². The van der Waals surface area contributed by atoms with Crippen molar-refractivity contribution in [3.05, 3.63) is 29.8 Å². The monoisotopic (exact) mass is 280 g/mol. The number of para-hydroxylation sites is 1. The summed E-state index contributed by atoms with van der Waals surface area (Å²) in [5, 5.41) is -0.214. The maximum absolute atomic E-state index is 14.1. The zero-order chi connectivity index (χ0) is 13.8. The van der Waals surface area contributed by atoms with E-state index in [1.165, 1.54) is 12.5 Å². The molecule has 1 aromatic heterocycles. The Bertz CT molecular complexity index is 630. The number of benzene rings is 1. The molecule has 2 nitrogen and oxygen atoms in total. The van der Waals surface area contributed by atoms with Crippen molar-refractivity contribution in [2.24, 2.45) is 11.3 Å². The lowest BCUT2D eigenvalue weighted by molar-refractivity contribution is 0.491. The SMILES string of the molecule is CC(Cl)c1nc2cccc(F)c2n1CC1CC1(C)C. The average molecular weight is 281 g/mol. The van der Waals surface area contributed by atoms with Gasteiger partial charge in [0.1, 0.15) is 17.2 Å². The molecule has 3 rings (SSSR count). The minimum Gasteiger partial charge on any atom is -0.324 e. The maximum atomic E-state index is 14.1. The lowest BCUT2D eigenvalue weighted by Gasteiger charge is -2.12. The second-order valence-electron chi connectivity index (χ2n) is 6.19. The molecule has 1 aromatic carbocycles. The van der Waals surface area contributed by atoms with Gasteiger partial charge >= 0.3 is 0 Å². The maximum Gasteiger partial charge on any atom is 0.149 e. The smallest absolute Gasteiger partial charge is 0.149 e. The van der Waals surface area contributed by atoms with E-state index < -0.39 is 0 Å². The molecular weight excluding hydrogens is 263 g/mol. The third-order valence-corrected chi connectivity index (χ3v) is 4.42. The van der Waals surface area contributed by atoms with Gasteiger partial charge in [-0.2, -0.15) is 0 Å². The zero-order valence-electron chi connectivity index (χ0n) is 11.5. The Morgan fingerprint density at radius 1 is 1.53 bits per heavy atom. The molecule has 19 heavy (non-hydrogen) atoms. The summed E-state index contributed by atoms with van der Waals surface area (Å²) in [5.74, 6) is 1.13. The molecule has 2 atom stereocenters. The summed E-state index contributed by atoms with van der Waals surface area (Å²) in [6, 6.07) is 5.02. The summed E-state index contributed by atoms with van der Waals surface area (Å²) in [6.07, 6.45) is 1.18. The standard InChI is InChI=1S/C15H18ClFN2/c1-9(16)14-18-12-6-4-5-11(17)13(12)19(14)8-10-7-15(10,2)3/h4-6,9-10H,7-8H2,1-3H3. The normalized spacial score (nSPS) is 22.7. The molecule has 1 heterocycles. The topological polar surface area (TPSA) is 17.8 Å². The highest BCUT2D eigenvalue weighted by Gasteiger charge is 2.46. The van der Waals surface area contributed by atoms with E-state index in [-0.39, 0.29) is 11.2 Å². The van der Waals surface area contributed by atoms with Crippen molar-refractivity contribution in [2.75, 3.05) is 0 Å². The molecule has 0 spiro atoms. The summed E-state index contributed by atoms with van der Waals surface area (Å²) in [6.45, 7) is 7.18. The first-order valence-corrected chi connectivity index (χ1v) is 7.12. The van der Waals surface area contributed by atoms with Gasteiger partial charge in [-0.15, -0.1) is 11.6 Å². The third-order valence-electron chi connectivity index (χ3n) is 4.22. The first kappa shape index (κ1) is 12.9. The number of alkyl halides is 1. The van der Waals surface area contributed by atoms with Gasteiger partial charge in [0.25, 0.3) is 0 Å². The number of rotatable bonds is 3. The van der Waals surface area contributed by atoms with E-state index in [0.717, 1.165) is 12.4 Å².